The Labute approximate surface area is 114 Å². The molecular formula is C15H23N3O. The number of benzene rings is 1. The number of aliphatic hydroxyl groups is 1. The van der Waals surface area contributed by atoms with Crippen LogP contribution in [0.25, 0.3) is 11.0 Å². The van der Waals surface area contributed by atoms with Crippen molar-refractivity contribution >= 4 is 17.0 Å². The molecule has 1 aromatic heterocycles. The summed E-state index contributed by atoms with van der Waals surface area (Å²) in [6.45, 7) is 6.15. The van der Waals surface area contributed by atoms with Crippen molar-refractivity contribution in [3.05, 3.63) is 24.3 Å². The van der Waals surface area contributed by atoms with Gasteiger partial charge >= 0.3 is 0 Å². The molecule has 0 aliphatic heterocycles. The molecule has 0 atom stereocenters. The van der Waals surface area contributed by atoms with Crippen LogP contribution in [0.2, 0.25) is 0 Å². The van der Waals surface area contributed by atoms with Crippen molar-refractivity contribution in [2.24, 2.45) is 5.92 Å². The normalized spacial score (nSPS) is 11.4. The highest BCUT2D eigenvalue weighted by atomic mass is 16.3. The zero-order valence-corrected chi connectivity index (χ0v) is 12.0. The molecule has 104 valence electrons. The third-order valence-electron chi connectivity index (χ3n) is 3.34. The van der Waals surface area contributed by atoms with Gasteiger partial charge in [-0.3, -0.25) is 0 Å². The average molecular weight is 261 g/mol. The monoisotopic (exact) mass is 261 g/mol. The van der Waals surface area contributed by atoms with Crippen LogP contribution in [0, 0.1) is 5.92 Å². The van der Waals surface area contributed by atoms with Crippen molar-refractivity contribution in [3.8, 4) is 0 Å². The second-order valence-corrected chi connectivity index (χ2v) is 5.38. The van der Waals surface area contributed by atoms with Crippen LogP contribution < -0.4 is 4.90 Å². The molecule has 0 amide bonds. The summed E-state index contributed by atoms with van der Waals surface area (Å²) in [5.41, 5.74) is 2.07. The summed E-state index contributed by atoms with van der Waals surface area (Å²) >= 11 is 0. The fourth-order valence-electron chi connectivity index (χ4n) is 2.23. The van der Waals surface area contributed by atoms with Crippen molar-refractivity contribution in [1.82, 2.24) is 9.55 Å². The van der Waals surface area contributed by atoms with E-state index in [4.69, 9.17) is 0 Å². The summed E-state index contributed by atoms with van der Waals surface area (Å²) < 4.78 is 2.09. The van der Waals surface area contributed by atoms with Gasteiger partial charge in [-0.15, -0.1) is 0 Å². The maximum absolute atomic E-state index is 9.25. The molecule has 0 fully saturated rings. The standard InChI is InChI=1S/C15H23N3O/c1-12(2)8-9-17(3)15-16-13-6-4-5-7-14(13)18(15)10-11-19/h4-7,12,19H,8-11H2,1-3H3. The van der Waals surface area contributed by atoms with Gasteiger partial charge in [-0.1, -0.05) is 26.0 Å². The van der Waals surface area contributed by atoms with E-state index in [-0.39, 0.29) is 6.61 Å². The third kappa shape index (κ3) is 3.07. The Bertz CT molecular complexity index is 533. The molecule has 1 aromatic carbocycles. The van der Waals surface area contributed by atoms with Gasteiger partial charge in [0.2, 0.25) is 5.95 Å². The van der Waals surface area contributed by atoms with E-state index in [9.17, 15) is 5.11 Å². The van der Waals surface area contributed by atoms with Crippen LogP contribution >= 0.6 is 0 Å². The van der Waals surface area contributed by atoms with Gasteiger partial charge < -0.3 is 14.6 Å². The first-order chi connectivity index (χ1) is 9.13. The summed E-state index contributed by atoms with van der Waals surface area (Å²) in [5, 5.41) is 9.25. The quantitative estimate of drug-likeness (QED) is 0.868. The number of rotatable bonds is 6. The SMILES string of the molecule is CC(C)CCN(C)c1nc2ccccc2n1CCO. The maximum atomic E-state index is 9.25. The van der Waals surface area contributed by atoms with Crippen LogP contribution in [-0.2, 0) is 6.54 Å². The van der Waals surface area contributed by atoms with Gasteiger partial charge in [0.15, 0.2) is 0 Å². The van der Waals surface area contributed by atoms with E-state index in [1.165, 1.54) is 0 Å². The Balaban J connectivity index is 2.32. The lowest BCUT2D eigenvalue weighted by molar-refractivity contribution is 0.278. The number of para-hydroxylation sites is 2. The second-order valence-electron chi connectivity index (χ2n) is 5.38. The highest BCUT2D eigenvalue weighted by Crippen LogP contribution is 2.22. The van der Waals surface area contributed by atoms with Gasteiger partial charge in [-0.2, -0.15) is 0 Å². The molecule has 0 spiro atoms. The molecule has 2 rings (SSSR count). The van der Waals surface area contributed by atoms with E-state index in [1.54, 1.807) is 0 Å². The van der Waals surface area contributed by atoms with Gasteiger partial charge in [0.1, 0.15) is 0 Å². The van der Waals surface area contributed by atoms with E-state index in [0.717, 1.165) is 29.9 Å². The first-order valence-electron chi connectivity index (χ1n) is 6.90. The van der Waals surface area contributed by atoms with Crippen LogP contribution in [0.4, 0.5) is 5.95 Å². The molecule has 2 aromatic rings. The molecular weight excluding hydrogens is 238 g/mol. The fourth-order valence-corrected chi connectivity index (χ4v) is 2.23. The summed E-state index contributed by atoms with van der Waals surface area (Å²) in [7, 11) is 2.07. The predicted molar refractivity (Wildman–Crippen MR) is 79.5 cm³/mol. The molecule has 4 heteroatoms. The number of anilines is 1. The maximum Gasteiger partial charge on any atom is 0.206 e. The number of aromatic nitrogens is 2. The topological polar surface area (TPSA) is 41.3 Å². The van der Waals surface area contributed by atoms with E-state index < -0.39 is 0 Å². The molecule has 0 saturated heterocycles. The van der Waals surface area contributed by atoms with Crippen LogP contribution in [0.5, 0.6) is 0 Å². The van der Waals surface area contributed by atoms with Crippen molar-refractivity contribution in [2.75, 3.05) is 25.1 Å². The lowest BCUT2D eigenvalue weighted by Crippen LogP contribution is -2.24. The van der Waals surface area contributed by atoms with Crippen LogP contribution in [0.3, 0.4) is 0 Å². The summed E-state index contributed by atoms with van der Waals surface area (Å²) in [5.74, 6) is 1.62. The highest BCUT2D eigenvalue weighted by molar-refractivity contribution is 5.78. The Kier molecular flexibility index (Phi) is 4.43. The van der Waals surface area contributed by atoms with E-state index in [2.05, 4.69) is 41.4 Å². The lowest BCUT2D eigenvalue weighted by atomic mass is 10.1. The molecule has 0 aliphatic rings. The van der Waals surface area contributed by atoms with Gasteiger partial charge in [0.25, 0.3) is 0 Å². The Morgan fingerprint density at radius 2 is 2.05 bits per heavy atom. The minimum atomic E-state index is 0.130. The Morgan fingerprint density at radius 1 is 1.32 bits per heavy atom. The number of imidazole rings is 1. The van der Waals surface area contributed by atoms with Crippen molar-refractivity contribution in [3.63, 3.8) is 0 Å². The van der Waals surface area contributed by atoms with E-state index in [0.29, 0.717) is 12.5 Å². The Morgan fingerprint density at radius 3 is 2.74 bits per heavy atom. The van der Waals surface area contributed by atoms with Gasteiger partial charge in [-0.05, 0) is 24.5 Å². The fraction of sp³-hybridized carbons (Fsp3) is 0.533. The molecule has 1 heterocycles. The summed E-state index contributed by atoms with van der Waals surface area (Å²) in [4.78, 5) is 6.86. The average Bonchev–Trinajstić information content (AvgIpc) is 2.76. The van der Waals surface area contributed by atoms with Crippen LogP contribution in [0.1, 0.15) is 20.3 Å². The zero-order valence-electron chi connectivity index (χ0n) is 12.0. The van der Waals surface area contributed by atoms with E-state index in [1.807, 2.05) is 18.2 Å². The van der Waals surface area contributed by atoms with Crippen molar-refractivity contribution < 1.29 is 5.11 Å². The van der Waals surface area contributed by atoms with Crippen LogP contribution in [-0.4, -0.2) is 34.9 Å². The lowest BCUT2D eigenvalue weighted by Gasteiger charge is -2.20. The van der Waals surface area contributed by atoms with Gasteiger partial charge in [-0.25, -0.2) is 4.98 Å². The van der Waals surface area contributed by atoms with E-state index >= 15 is 0 Å². The van der Waals surface area contributed by atoms with Gasteiger partial charge in [0.05, 0.1) is 17.6 Å². The third-order valence-corrected chi connectivity index (χ3v) is 3.34. The number of fused-ring (bicyclic) bond motifs is 1. The highest BCUT2D eigenvalue weighted by Gasteiger charge is 2.13. The predicted octanol–water partition coefficient (Wildman–Crippen LogP) is 2.51. The molecule has 4 nitrogen and oxygen atoms in total. The first-order valence-corrected chi connectivity index (χ1v) is 6.90. The number of hydrogen-bond acceptors (Lipinski definition) is 3. The minimum Gasteiger partial charge on any atom is -0.395 e. The molecule has 1 N–H and O–H groups in total. The summed E-state index contributed by atoms with van der Waals surface area (Å²) in [6.07, 6.45) is 1.14. The van der Waals surface area contributed by atoms with Crippen molar-refractivity contribution in [2.45, 2.75) is 26.8 Å². The summed E-state index contributed by atoms with van der Waals surface area (Å²) in [6, 6.07) is 8.08. The Hall–Kier alpha value is -1.55. The van der Waals surface area contributed by atoms with Gasteiger partial charge in [0, 0.05) is 20.1 Å². The number of hydrogen-bond donors (Lipinski definition) is 1. The van der Waals surface area contributed by atoms with Crippen molar-refractivity contribution in [1.29, 1.82) is 0 Å². The van der Waals surface area contributed by atoms with Crippen LogP contribution in [0.15, 0.2) is 24.3 Å². The zero-order chi connectivity index (χ0) is 13.8. The molecule has 0 unspecified atom stereocenters. The number of aliphatic hydroxyl groups excluding tert-OH is 1. The number of nitrogens with zero attached hydrogens (tertiary/aromatic N) is 3. The molecule has 0 aliphatic carbocycles. The molecule has 0 saturated carbocycles. The molecule has 19 heavy (non-hydrogen) atoms. The smallest absolute Gasteiger partial charge is 0.206 e. The largest absolute Gasteiger partial charge is 0.395 e. The second kappa shape index (κ2) is 6.06. The molecule has 0 radical (unpaired) electrons. The molecule has 0 bridgehead atoms. The first kappa shape index (κ1) is 13.9. The minimum absolute atomic E-state index is 0.130.